The fraction of sp³-hybridized carbons (Fsp3) is 0. The highest BCUT2D eigenvalue weighted by Crippen LogP contribution is 2.38. The van der Waals surface area contributed by atoms with E-state index < -0.39 is 0 Å². The first-order valence-electron chi connectivity index (χ1n) is 5.10. The van der Waals surface area contributed by atoms with Gasteiger partial charge < -0.3 is 10.6 Å². The van der Waals surface area contributed by atoms with Crippen LogP contribution in [-0.4, -0.2) is 16.1 Å². The Morgan fingerprint density at radius 1 is 1.16 bits per heavy atom. The van der Waals surface area contributed by atoms with Crippen LogP contribution in [0.3, 0.4) is 0 Å². The summed E-state index contributed by atoms with van der Waals surface area (Å²) in [7, 11) is 0. The number of hydrogen-bond acceptors (Lipinski definition) is 4. The standard InChI is InChI=1S/C11H5Cl2N3OS2/c12-5-1-3-4(2-6(5)13)9(14)15-7(3)8-10(18)16-11(17)19-8/h1-2H,(H2,14,15)(H,16,17,18). The molecule has 19 heavy (non-hydrogen) atoms. The van der Waals surface area contributed by atoms with Gasteiger partial charge in [0.15, 0.2) is 0 Å². The molecule has 96 valence electrons. The summed E-state index contributed by atoms with van der Waals surface area (Å²) in [5.74, 6) is 0.207. The average molecular weight is 330 g/mol. The summed E-state index contributed by atoms with van der Waals surface area (Å²) in [6.45, 7) is 0. The molecule has 0 atom stereocenters. The smallest absolute Gasteiger partial charge is 0.289 e. The molecular formula is C11H5Cl2N3OS2. The highest BCUT2D eigenvalue weighted by Gasteiger charge is 2.31. The monoisotopic (exact) mass is 329 g/mol. The Hall–Kier alpha value is -1.08. The van der Waals surface area contributed by atoms with E-state index in [1.54, 1.807) is 12.1 Å². The van der Waals surface area contributed by atoms with Crippen molar-refractivity contribution < 1.29 is 4.79 Å². The maximum atomic E-state index is 11.3. The predicted molar refractivity (Wildman–Crippen MR) is 82.1 cm³/mol. The van der Waals surface area contributed by atoms with E-state index in [4.69, 9.17) is 40.8 Å². The second-order valence-corrected chi connectivity index (χ2v) is 6.07. The minimum atomic E-state index is -0.227. The minimum absolute atomic E-state index is 0.207. The summed E-state index contributed by atoms with van der Waals surface area (Å²) in [6.07, 6.45) is 0. The Morgan fingerprint density at radius 2 is 1.79 bits per heavy atom. The van der Waals surface area contributed by atoms with Gasteiger partial charge in [0.2, 0.25) is 0 Å². The first-order valence-corrected chi connectivity index (χ1v) is 7.08. The maximum Gasteiger partial charge on any atom is 0.289 e. The average Bonchev–Trinajstić information content (AvgIpc) is 2.82. The quantitative estimate of drug-likeness (QED) is 0.504. The molecule has 0 aliphatic carbocycles. The van der Waals surface area contributed by atoms with Crippen molar-refractivity contribution >= 4 is 68.9 Å². The number of carbonyl (C=O) groups is 1. The summed E-state index contributed by atoms with van der Waals surface area (Å²) in [6, 6.07) is 3.29. The number of nitrogens with one attached hydrogen (secondary N) is 3. The molecule has 4 nitrogen and oxygen atoms in total. The number of amides is 1. The summed E-state index contributed by atoms with van der Waals surface area (Å²) in [5, 5.41) is 13.9. The molecule has 2 heterocycles. The molecule has 1 amide bonds. The Kier molecular flexibility index (Phi) is 3.05. The first-order chi connectivity index (χ1) is 8.97. The summed E-state index contributed by atoms with van der Waals surface area (Å²) in [5.41, 5.74) is 1.98. The fourth-order valence-electron chi connectivity index (χ4n) is 1.88. The predicted octanol–water partition coefficient (Wildman–Crippen LogP) is 3.37. The van der Waals surface area contributed by atoms with Crippen molar-refractivity contribution in [3.05, 3.63) is 38.2 Å². The van der Waals surface area contributed by atoms with Crippen LogP contribution in [0.5, 0.6) is 0 Å². The van der Waals surface area contributed by atoms with Crippen molar-refractivity contribution in [3.63, 3.8) is 0 Å². The zero-order valence-corrected chi connectivity index (χ0v) is 12.3. The van der Waals surface area contributed by atoms with E-state index in [2.05, 4.69) is 10.6 Å². The van der Waals surface area contributed by atoms with Gasteiger partial charge in [-0.1, -0.05) is 35.4 Å². The number of rotatable bonds is 0. The lowest BCUT2D eigenvalue weighted by Gasteiger charge is -2.04. The van der Waals surface area contributed by atoms with E-state index >= 15 is 0 Å². The van der Waals surface area contributed by atoms with Gasteiger partial charge >= 0.3 is 0 Å². The number of carbonyl (C=O) groups excluding carboxylic acids is 1. The number of benzene rings is 1. The van der Waals surface area contributed by atoms with Gasteiger partial charge in [0.05, 0.1) is 20.6 Å². The van der Waals surface area contributed by atoms with Gasteiger partial charge in [0, 0.05) is 11.1 Å². The highest BCUT2D eigenvalue weighted by molar-refractivity contribution is 8.19. The number of amidine groups is 1. The molecule has 0 saturated carbocycles. The van der Waals surface area contributed by atoms with Crippen LogP contribution in [0.2, 0.25) is 10.0 Å². The van der Waals surface area contributed by atoms with Crippen LogP contribution >= 0.6 is 47.2 Å². The molecule has 0 radical (unpaired) electrons. The van der Waals surface area contributed by atoms with E-state index in [0.29, 0.717) is 31.2 Å². The molecule has 2 aliphatic heterocycles. The van der Waals surface area contributed by atoms with Crippen LogP contribution in [-0.2, 0) is 0 Å². The molecule has 3 N–H and O–H groups in total. The lowest BCUT2D eigenvalue weighted by molar-refractivity contribution is 0.265. The summed E-state index contributed by atoms with van der Waals surface area (Å²) in [4.78, 5) is 12.3. The van der Waals surface area contributed by atoms with Gasteiger partial charge in [-0.2, -0.15) is 0 Å². The second kappa shape index (κ2) is 4.49. The van der Waals surface area contributed by atoms with Crippen molar-refractivity contribution in [1.82, 2.24) is 10.6 Å². The highest BCUT2D eigenvalue weighted by atomic mass is 35.5. The maximum absolute atomic E-state index is 11.3. The van der Waals surface area contributed by atoms with Crippen LogP contribution < -0.4 is 10.6 Å². The second-order valence-electron chi connectivity index (χ2n) is 3.86. The fourth-order valence-corrected chi connectivity index (χ4v) is 3.33. The van der Waals surface area contributed by atoms with Gasteiger partial charge in [-0.05, 0) is 23.9 Å². The third-order valence-corrected chi connectivity index (χ3v) is 4.75. The third kappa shape index (κ3) is 2.04. The van der Waals surface area contributed by atoms with E-state index in [9.17, 15) is 4.79 Å². The normalized spacial score (nSPS) is 21.5. The van der Waals surface area contributed by atoms with E-state index in [0.717, 1.165) is 17.3 Å². The Labute approximate surface area is 128 Å². The Morgan fingerprint density at radius 3 is 2.37 bits per heavy atom. The number of halogens is 2. The summed E-state index contributed by atoms with van der Waals surface area (Å²) >= 11 is 18.0. The van der Waals surface area contributed by atoms with Crippen LogP contribution in [0.1, 0.15) is 11.1 Å². The van der Waals surface area contributed by atoms with Crippen molar-refractivity contribution in [2.45, 2.75) is 0 Å². The first kappa shape index (κ1) is 12.9. The number of fused-ring (bicyclic) bond motifs is 1. The lowest BCUT2D eigenvalue weighted by atomic mass is 10.1. The third-order valence-electron chi connectivity index (χ3n) is 2.69. The van der Waals surface area contributed by atoms with Crippen LogP contribution in [0.25, 0.3) is 5.70 Å². The molecule has 8 heteroatoms. The van der Waals surface area contributed by atoms with Crippen molar-refractivity contribution in [1.29, 1.82) is 5.41 Å². The molecule has 0 bridgehead atoms. The van der Waals surface area contributed by atoms with Crippen molar-refractivity contribution in [2.24, 2.45) is 0 Å². The van der Waals surface area contributed by atoms with Crippen molar-refractivity contribution in [2.75, 3.05) is 0 Å². The molecule has 0 unspecified atom stereocenters. The summed E-state index contributed by atoms with van der Waals surface area (Å²) < 4.78 is 0. The van der Waals surface area contributed by atoms with Gasteiger partial charge in [-0.3, -0.25) is 10.2 Å². The van der Waals surface area contributed by atoms with Crippen LogP contribution in [0.15, 0.2) is 17.0 Å². The van der Waals surface area contributed by atoms with Crippen LogP contribution in [0, 0.1) is 5.41 Å². The molecule has 3 rings (SSSR count). The van der Waals surface area contributed by atoms with E-state index in [1.165, 1.54) is 0 Å². The molecule has 1 aromatic rings. The van der Waals surface area contributed by atoms with Crippen molar-refractivity contribution in [3.8, 4) is 0 Å². The van der Waals surface area contributed by atoms with Gasteiger partial charge in [0.1, 0.15) is 10.8 Å². The van der Waals surface area contributed by atoms with Crippen LogP contribution in [0.4, 0.5) is 4.79 Å². The SMILES string of the molecule is N=C1NC(=C2SC(=O)NC2=S)c2cc(Cl)c(Cl)cc21. The molecular weight excluding hydrogens is 325 g/mol. The van der Waals surface area contributed by atoms with Gasteiger partial charge in [0.25, 0.3) is 5.24 Å². The Bertz CT molecular complexity index is 699. The van der Waals surface area contributed by atoms with E-state index in [1.807, 2.05) is 0 Å². The molecule has 0 spiro atoms. The number of hydrogen-bond donors (Lipinski definition) is 3. The Balaban J connectivity index is 2.22. The molecule has 1 fully saturated rings. The topological polar surface area (TPSA) is 65.0 Å². The minimum Gasteiger partial charge on any atom is -0.339 e. The number of thiocarbonyl (C=S) groups is 1. The van der Waals surface area contributed by atoms with Gasteiger partial charge in [-0.25, -0.2) is 0 Å². The number of thioether (sulfide) groups is 1. The largest absolute Gasteiger partial charge is 0.339 e. The zero-order valence-electron chi connectivity index (χ0n) is 9.14. The van der Waals surface area contributed by atoms with Gasteiger partial charge in [-0.15, -0.1) is 0 Å². The van der Waals surface area contributed by atoms with E-state index in [-0.39, 0.29) is 11.1 Å². The molecule has 1 aromatic carbocycles. The molecule has 1 saturated heterocycles. The molecule has 2 aliphatic rings. The lowest BCUT2D eigenvalue weighted by Crippen LogP contribution is -2.18. The zero-order chi connectivity index (χ0) is 13.7. The molecule has 0 aromatic heterocycles.